The first-order valence-corrected chi connectivity index (χ1v) is 11.8. The van der Waals surface area contributed by atoms with Crippen LogP contribution in [0.25, 0.3) is 0 Å². The number of benzene rings is 1. The van der Waals surface area contributed by atoms with Gasteiger partial charge in [-0.1, -0.05) is 49.8 Å². The molecule has 1 aromatic rings. The molecule has 0 amide bonds. The van der Waals surface area contributed by atoms with Crippen molar-refractivity contribution in [1.29, 1.82) is 5.26 Å². The summed E-state index contributed by atoms with van der Waals surface area (Å²) < 4.78 is 0. The highest BCUT2D eigenvalue weighted by atomic mass is 14.3. The molecule has 2 aliphatic carbocycles. The normalized spacial score (nSPS) is 27.9. The van der Waals surface area contributed by atoms with E-state index >= 15 is 0 Å². The summed E-state index contributed by atoms with van der Waals surface area (Å²) in [6, 6.07) is 11.3. The van der Waals surface area contributed by atoms with Crippen LogP contribution >= 0.6 is 0 Å². The predicted molar refractivity (Wildman–Crippen MR) is 122 cm³/mol. The molecule has 2 fully saturated rings. The van der Waals surface area contributed by atoms with Crippen LogP contribution in [-0.2, 0) is 6.42 Å². The van der Waals surface area contributed by atoms with Crippen molar-refractivity contribution in [3.8, 4) is 17.9 Å². The third-order valence-electron chi connectivity index (χ3n) is 7.40. The minimum absolute atomic E-state index is 0.262. The Bertz CT molecular complexity index is 725. The van der Waals surface area contributed by atoms with E-state index in [1.54, 1.807) is 0 Å². The number of nitrogens with zero attached hydrogens (tertiary/aromatic N) is 1. The maximum Gasteiger partial charge on any atom is 0.0655 e. The first-order chi connectivity index (χ1) is 14.2. The average molecular weight is 388 g/mol. The first kappa shape index (κ1) is 21.7. The van der Waals surface area contributed by atoms with Gasteiger partial charge >= 0.3 is 0 Å². The van der Waals surface area contributed by atoms with Crippen molar-refractivity contribution in [3.05, 3.63) is 48.0 Å². The molecule has 0 bridgehead atoms. The van der Waals surface area contributed by atoms with Gasteiger partial charge in [-0.15, -0.1) is 6.58 Å². The van der Waals surface area contributed by atoms with Gasteiger partial charge in [-0.3, -0.25) is 0 Å². The molecule has 154 valence electrons. The van der Waals surface area contributed by atoms with Gasteiger partial charge < -0.3 is 0 Å². The van der Waals surface area contributed by atoms with Crippen LogP contribution in [0.4, 0.5) is 0 Å². The van der Waals surface area contributed by atoms with Crippen molar-refractivity contribution >= 4 is 0 Å². The van der Waals surface area contributed by atoms with E-state index in [1.807, 2.05) is 0 Å². The molecule has 0 aromatic heterocycles. The van der Waals surface area contributed by atoms with Crippen LogP contribution < -0.4 is 0 Å². The monoisotopic (exact) mass is 387 g/mol. The second-order valence-electron chi connectivity index (χ2n) is 9.27. The van der Waals surface area contributed by atoms with Crippen LogP contribution in [-0.4, -0.2) is 0 Å². The molecule has 0 heterocycles. The Morgan fingerprint density at radius 3 is 2.24 bits per heavy atom. The number of hydrogen-bond acceptors (Lipinski definition) is 1. The zero-order chi connectivity index (χ0) is 20.5. The summed E-state index contributed by atoms with van der Waals surface area (Å²) in [5.41, 5.74) is 2.58. The molecule has 1 unspecified atom stereocenters. The number of allylic oxidation sites excluding steroid dienone is 1. The fourth-order valence-corrected chi connectivity index (χ4v) is 5.28. The zero-order valence-electron chi connectivity index (χ0n) is 18.2. The molecule has 2 saturated carbocycles. The van der Waals surface area contributed by atoms with Crippen LogP contribution in [0.1, 0.15) is 82.3 Å². The summed E-state index contributed by atoms with van der Waals surface area (Å²) in [5.74, 6) is 10.0. The minimum atomic E-state index is 0.262. The van der Waals surface area contributed by atoms with Crippen LogP contribution in [0, 0.1) is 52.8 Å². The summed E-state index contributed by atoms with van der Waals surface area (Å²) in [6.45, 7) is 6.33. The van der Waals surface area contributed by atoms with E-state index in [0.29, 0.717) is 5.92 Å². The Balaban J connectivity index is 1.41. The van der Waals surface area contributed by atoms with Gasteiger partial charge in [0.2, 0.25) is 0 Å². The Morgan fingerprint density at radius 1 is 1.00 bits per heavy atom. The highest BCUT2D eigenvalue weighted by Gasteiger charge is 2.25. The molecule has 1 heteroatoms. The van der Waals surface area contributed by atoms with Crippen molar-refractivity contribution in [3.63, 3.8) is 0 Å². The van der Waals surface area contributed by atoms with E-state index < -0.39 is 0 Å². The second kappa shape index (κ2) is 11.3. The zero-order valence-corrected chi connectivity index (χ0v) is 18.2. The highest BCUT2D eigenvalue weighted by Crippen LogP contribution is 2.37. The van der Waals surface area contributed by atoms with Gasteiger partial charge in [-0.25, -0.2) is 0 Å². The van der Waals surface area contributed by atoms with Crippen LogP contribution in [0.3, 0.4) is 0 Å². The summed E-state index contributed by atoms with van der Waals surface area (Å²) in [4.78, 5) is 0. The molecule has 2 aliphatic rings. The third-order valence-corrected chi connectivity index (χ3v) is 7.40. The quantitative estimate of drug-likeness (QED) is 0.370. The lowest BCUT2D eigenvalue weighted by atomic mass is 9.73. The van der Waals surface area contributed by atoms with E-state index in [4.69, 9.17) is 5.26 Å². The summed E-state index contributed by atoms with van der Waals surface area (Å²) in [6.07, 6.45) is 15.7. The van der Waals surface area contributed by atoms with Gasteiger partial charge in [0.1, 0.15) is 0 Å². The molecule has 3 rings (SSSR count). The lowest BCUT2D eigenvalue weighted by Gasteiger charge is -2.32. The van der Waals surface area contributed by atoms with Crippen LogP contribution in [0.5, 0.6) is 0 Å². The molecular weight excluding hydrogens is 350 g/mol. The highest BCUT2D eigenvalue weighted by molar-refractivity contribution is 5.36. The van der Waals surface area contributed by atoms with Gasteiger partial charge in [-0.2, -0.15) is 5.26 Å². The standard InChI is InChI=1S/C28H37N/c1-3-27(4-2)28-19-17-25(18-20-28)12-11-23-7-5-22(6-8-23)9-10-24-13-15-26(21-29)16-14-24/h3,5-8,24-28H,1,4,11-20H2,2H3/t24-,25-,26-,27?,28-. The number of nitriles is 1. The van der Waals surface area contributed by atoms with E-state index in [-0.39, 0.29) is 5.92 Å². The van der Waals surface area contributed by atoms with Gasteiger partial charge in [0.25, 0.3) is 0 Å². The van der Waals surface area contributed by atoms with E-state index in [0.717, 1.165) is 49.0 Å². The average Bonchev–Trinajstić information content (AvgIpc) is 2.79. The third kappa shape index (κ3) is 6.51. The second-order valence-corrected chi connectivity index (χ2v) is 9.27. The van der Waals surface area contributed by atoms with Gasteiger partial charge in [0.05, 0.1) is 6.07 Å². The van der Waals surface area contributed by atoms with Crippen LogP contribution in [0.2, 0.25) is 0 Å². The first-order valence-electron chi connectivity index (χ1n) is 11.8. The van der Waals surface area contributed by atoms with Crippen molar-refractivity contribution in [2.75, 3.05) is 0 Å². The van der Waals surface area contributed by atoms with Crippen molar-refractivity contribution in [1.82, 2.24) is 0 Å². The largest absolute Gasteiger partial charge is 0.198 e. The fraction of sp³-hybridized carbons (Fsp3) is 0.607. The Hall–Kier alpha value is -1.99. The van der Waals surface area contributed by atoms with Crippen molar-refractivity contribution in [2.45, 2.75) is 77.6 Å². The maximum absolute atomic E-state index is 9.00. The summed E-state index contributed by atoms with van der Waals surface area (Å²) >= 11 is 0. The van der Waals surface area contributed by atoms with Crippen molar-refractivity contribution in [2.24, 2.45) is 29.6 Å². The molecule has 1 aromatic carbocycles. The predicted octanol–water partition coefficient (Wildman–Crippen LogP) is 7.32. The molecule has 0 aliphatic heterocycles. The molecule has 0 spiro atoms. The Morgan fingerprint density at radius 2 is 1.66 bits per heavy atom. The van der Waals surface area contributed by atoms with E-state index in [2.05, 4.69) is 61.8 Å². The molecule has 29 heavy (non-hydrogen) atoms. The lowest BCUT2D eigenvalue weighted by molar-refractivity contribution is 0.219. The van der Waals surface area contributed by atoms with Gasteiger partial charge in [-0.05, 0) is 93.2 Å². The molecule has 0 saturated heterocycles. The molecule has 1 atom stereocenters. The van der Waals surface area contributed by atoms with Gasteiger partial charge in [0, 0.05) is 17.4 Å². The maximum atomic E-state index is 9.00. The topological polar surface area (TPSA) is 23.8 Å². The molecular formula is C28H37N. The van der Waals surface area contributed by atoms with Gasteiger partial charge in [0.15, 0.2) is 0 Å². The fourth-order valence-electron chi connectivity index (χ4n) is 5.28. The molecule has 1 nitrogen and oxygen atoms in total. The number of aryl methyl sites for hydroxylation is 1. The Kier molecular flexibility index (Phi) is 8.43. The smallest absolute Gasteiger partial charge is 0.0655 e. The SMILES string of the molecule is C=CC(CC)[C@H]1CC[C@H](CCc2ccc(C#C[C@H]3CC[C@H](C#N)CC3)cc2)CC1. The lowest BCUT2D eigenvalue weighted by Crippen LogP contribution is -2.20. The van der Waals surface area contributed by atoms with E-state index in [1.165, 1.54) is 50.5 Å². The summed E-state index contributed by atoms with van der Waals surface area (Å²) in [7, 11) is 0. The molecule has 0 N–H and O–H groups in total. The minimum Gasteiger partial charge on any atom is -0.198 e. The van der Waals surface area contributed by atoms with E-state index in [9.17, 15) is 0 Å². The Labute approximate surface area is 178 Å². The van der Waals surface area contributed by atoms with Crippen molar-refractivity contribution < 1.29 is 0 Å². The van der Waals surface area contributed by atoms with Crippen LogP contribution in [0.15, 0.2) is 36.9 Å². The molecule has 0 radical (unpaired) electrons. The number of hydrogen-bond donors (Lipinski definition) is 0. The number of rotatable bonds is 6. The summed E-state index contributed by atoms with van der Waals surface area (Å²) in [5, 5.41) is 9.00.